The highest BCUT2D eigenvalue weighted by molar-refractivity contribution is 5.87. The molecule has 1 aromatic heterocycles. The predicted molar refractivity (Wildman–Crippen MR) is 56.4 cm³/mol. The Balaban J connectivity index is 0.000000980. The molecule has 2 aromatic rings. The van der Waals surface area contributed by atoms with Gasteiger partial charge < -0.3 is 15.0 Å². The summed E-state index contributed by atoms with van der Waals surface area (Å²) >= 11 is 0. The van der Waals surface area contributed by atoms with Gasteiger partial charge in [-0.2, -0.15) is 0 Å². The first-order chi connectivity index (χ1) is 6.31. The SMILES string of the molecule is COCc1ccc2c(N)noc2c1.Cl. The van der Waals surface area contributed by atoms with Crippen molar-refractivity contribution in [1.82, 2.24) is 5.16 Å². The third-order valence-corrected chi connectivity index (χ3v) is 1.88. The van der Waals surface area contributed by atoms with Gasteiger partial charge in [-0.1, -0.05) is 11.2 Å². The minimum absolute atomic E-state index is 0. The largest absolute Gasteiger partial charge is 0.380 e. The molecule has 0 atom stereocenters. The lowest BCUT2D eigenvalue weighted by Crippen LogP contribution is -1.87. The smallest absolute Gasteiger partial charge is 0.174 e. The molecule has 2 rings (SSSR count). The normalized spacial score (nSPS) is 10.1. The number of aromatic nitrogens is 1. The van der Waals surface area contributed by atoms with E-state index < -0.39 is 0 Å². The van der Waals surface area contributed by atoms with E-state index in [1.165, 1.54) is 0 Å². The molecule has 76 valence electrons. The molecule has 0 radical (unpaired) electrons. The molecule has 0 amide bonds. The highest BCUT2D eigenvalue weighted by Crippen LogP contribution is 2.21. The number of nitrogens with zero attached hydrogens (tertiary/aromatic N) is 1. The Kier molecular flexibility index (Phi) is 3.33. The van der Waals surface area contributed by atoms with Gasteiger partial charge in [-0.15, -0.1) is 12.4 Å². The molecular weight excluding hydrogens is 204 g/mol. The first kappa shape index (κ1) is 10.8. The van der Waals surface area contributed by atoms with E-state index in [2.05, 4.69) is 5.16 Å². The van der Waals surface area contributed by atoms with E-state index in [-0.39, 0.29) is 12.4 Å². The van der Waals surface area contributed by atoms with Crippen molar-refractivity contribution in [3.8, 4) is 0 Å². The molecule has 1 heterocycles. The molecule has 0 aliphatic heterocycles. The van der Waals surface area contributed by atoms with Crippen LogP contribution in [0.1, 0.15) is 5.56 Å². The number of nitrogens with two attached hydrogens (primary N) is 1. The average molecular weight is 215 g/mol. The van der Waals surface area contributed by atoms with Gasteiger partial charge >= 0.3 is 0 Å². The number of ether oxygens (including phenoxy) is 1. The lowest BCUT2D eigenvalue weighted by molar-refractivity contribution is 0.185. The Morgan fingerprint density at radius 1 is 1.50 bits per heavy atom. The first-order valence-electron chi connectivity index (χ1n) is 3.94. The second-order valence-electron chi connectivity index (χ2n) is 2.83. The van der Waals surface area contributed by atoms with Crippen molar-refractivity contribution in [2.45, 2.75) is 6.61 Å². The van der Waals surface area contributed by atoms with Crippen molar-refractivity contribution < 1.29 is 9.26 Å². The van der Waals surface area contributed by atoms with Crippen molar-refractivity contribution in [2.24, 2.45) is 0 Å². The lowest BCUT2D eigenvalue weighted by Gasteiger charge is -1.97. The highest BCUT2D eigenvalue weighted by atomic mass is 35.5. The summed E-state index contributed by atoms with van der Waals surface area (Å²) in [7, 11) is 1.65. The summed E-state index contributed by atoms with van der Waals surface area (Å²) < 4.78 is 10.00. The van der Waals surface area contributed by atoms with Gasteiger partial charge in [0.15, 0.2) is 11.4 Å². The average Bonchev–Trinajstić information content (AvgIpc) is 2.48. The molecule has 2 N–H and O–H groups in total. The number of rotatable bonds is 2. The third-order valence-electron chi connectivity index (χ3n) is 1.88. The third kappa shape index (κ3) is 1.81. The number of nitrogen functional groups attached to an aromatic ring is 1. The first-order valence-corrected chi connectivity index (χ1v) is 3.94. The number of benzene rings is 1. The molecule has 1 aromatic carbocycles. The number of fused-ring (bicyclic) bond motifs is 1. The van der Waals surface area contributed by atoms with E-state index in [0.717, 1.165) is 10.9 Å². The number of anilines is 1. The Morgan fingerprint density at radius 2 is 2.29 bits per heavy atom. The van der Waals surface area contributed by atoms with Crippen LogP contribution in [0.2, 0.25) is 0 Å². The number of methoxy groups -OCH3 is 1. The fraction of sp³-hybridized carbons (Fsp3) is 0.222. The maximum absolute atomic E-state index is 5.56. The summed E-state index contributed by atoms with van der Waals surface area (Å²) in [5.74, 6) is 0.430. The fourth-order valence-corrected chi connectivity index (χ4v) is 1.26. The zero-order chi connectivity index (χ0) is 9.26. The zero-order valence-electron chi connectivity index (χ0n) is 7.69. The van der Waals surface area contributed by atoms with Crippen molar-refractivity contribution in [3.63, 3.8) is 0 Å². The van der Waals surface area contributed by atoms with Gasteiger partial charge in [0.2, 0.25) is 0 Å². The zero-order valence-corrected chi connectivity index (χ0v) is 8.50. The molecule has 0 unspecified atom stereocenters. The molecule has 4 nitrogen and oxygen atoms in total. The van der Waals surface area contributed by atoms with Crippen LogP contribution < -0.4 is 5.73 Å². The minimum Gasteiger partial charge on any atom is -0.380 e. The van der Waals surface area contributed by atoms with Crippen molar-refractivity contribution in [2.75, 3.05) is 12.8 Å². The Labute approximate surface area is 87.4 Å². The molecule has 5 heteroatoms. The van der Waals surface area contributed by atoms with Gasteiger partial charge in [-0.3, -0.25) is 0 Å². The van der Waals surface area contributed by atoms with Crippen LogP contribution in [0.5, 0.6) is 0 Å². The fourth-order valence-electron chi connectivity index (χ4n) is 1.26. The highest BCUT2D eigenvalue weighted by Gasteiger charge is 2.04. The van der Waals surface area contributed by atoms with E-state index in [0.29, 0.717) is 18.0 Å². The molecule has 0 spiro atoms. The van der Waals surface area contributed by atoms with Crippen LogP contribution >= 0.6 is 12.4 Å². The van der Waals surface area contributed by atoms with Gasteiger partial charge in [-0.25, -0.2) is 0 Å². The maximum Gasteiger partial charge on any atom is 0.174 e. The van der Waals surface area contributed by atoms with Gasteiger partial charge in [0, 0.05) is 7.11 Å². The molecule has 0 bridgehead atoms. The van der Waals surface area contributed by atoms with Gasteiger partial charge in [0.25, 0.3) is 0 Å². The second kappa shape index (κ2) is 4.30. The quantitative estimate of drug-likeness (QED) is 0.831. The Bertz CT molecular complexity index is 428. The monoisotopic (exact) mass is 214 g/mol. The summed E-state index contributed by atoms with van der Waals surface area (Å²) in [5, 5.41) is 4.51. The predicted octanol–water partition coefficient (Wildman–Crippen LogP) is 1.98. The number of halogens is 1. The van der Waals surface area contributed by atoms with Gasteiger partial charge in [-0.05, 0) is 17.7 Å². The summed E-state index contributed by atoms with van der Waals surface area (Å²) in [5.41, 5.74) is 7.31. The summed E-state index contributed by atoms with van der Waals surface area (Å²) in [6.07, 6.45) is 0. The van der Waals surface area contributed by atoms with Crippen LogP contribution in [0.3, 0.4) is 0 Å². The lowest BCUT2D eigenvalue weighted by atomic mass is 10.2. The van der Waals surface area contributed by atoms with Crippen molar-refractivity contribution >= 4 is 29.2 Å². The van der Waals surface area contributed by atoms with Crippen LogP contribution in [-0.4, -0.2) is 12.3 Å². The van der Waals surface area contributed by atoms with Crippen LogP contribution in [0.25, 0.3) is 11.0 Å². The van der Waals surface area contributed by atoms with Gasteiger partial charge in [0.05, 0.1) is 12.0 Å². The van der Waals surface area contributed by atoms with Crippen molar-refractivity contribution in [1.29, 1.82) is 0 Å². The maximum atomic E-state index is 5.56. The molecule has 14 heavy (non-hydrogen) atoms. The number of hydrogen-bond acceptors (Lipinski definition) is 4. The van der Waals surface area contributed by atoms with Crippen LogP contribution in [-0.2, 0) is 11.3 Å². The molecule has 0 saturated heterocycles. The standard InChI is InChI=1S/C9H10N2O2.ClH/c1-12-5-6-2-3-7-8(4-6)13-11-9(7)10;/h2-4H,5H2,1H3,(H2,10,11);1H. The molecule has 0 aliphatic carbocycles. The van der Waals surface area contributed by atoms with Crippen LogP contribution in [0.15, 0.2) is 22.7 Å². The molecule has 0 saturated carbocycles. The van der Waals surface area contributed by atoms with Crippen LogP contribution in [0.4, 0.5) is 5.82 Å². The second-order valence-corrected chi connectivity index (χ2v) is 2.83. The van der Waals surface area contributed by atoms with Crippen LogP contribution in [0, 0.1) is 0 Å². The summed E-state index contributed by atoms with van der Waals surface area (Å²) in [6.45, 7) is 0.566. The molecule has 0 aliphatic rings. The van der Waals surface area contributed by atoms with Gasteiger partial charge in [0.1, 0.15) is 0 Å². The minimum atomic E-state index is 0. The Hall–Kier alpha value is -1.26. The summed E-state index contributed by atoms with van der Waals surface area (Å²) in [6, 6.07) is 5.71. The Morgan fingerprint density at radius 3 is 3.00 bits per heavy atom. The van der Waals surface area contributed by atoms with E-state index in [9.17, 15) is 0 Å². The summed E-state index contributed by atoms with van der Waals surface area (Å²) in [4.78, 5) is 0. The topological polar surface area (TPSA) is 61.3 Å². The van der Waals surface area contributed by atoms with Crippen molar-refractivity contribution in [3.05, 3.63) is 23.8 Å². The van der Waals surface area contributed by atoms with E-state index in [1.807, 2.05) is 18.2 Å². The number of hydrogen-bond donors (Lipinski definition) is 1. The van der Waals surface area contributed by atoms with E-state index in [1.54, 1.807) is 7.11 Å². The molecular formula is C9H11ClN2O2. The molecule has 0 fully saturated rings. The van der Waals surface area contributed by atoms with E-state index in [4.69, 9.17) is 15.0 Å². The van der Waals surface area contributed by atoms with E-state index >= 15 is 0 Å².